The second-order valence-electron chi connectivity index (χ2n) is 5.85. The van der Waals surface area contributed by atoms with Crippen molar-refractivity contribution in [2.45, 2.75) is 49.8 Å². The molecule has 0 radical (unpaired) electrons. The lowest BCUT2D eigenvalue weighted by atomic mass is 10.0. The Kier molecular flexibility index (Phi) is 9.37. The third-order valence-electron chi connectivity index (χ3n) is 4.23. The minimum absolute atomic E-state index is 0. The van der Waals surface area contributed by atoms with Crippen molar-refractivity contribution in [2.24, 2.45) is 0 Å². The van der Waals surface area contributed by atoms with Crippen molar-refractivity contribution >= 4 is 39.7 Å². The van der Waals surface area contributed by atoms with E-state index in [1.54, 1.807) is 6.07 Å². The zero-order valence-corrected chi connectivity index (χ0v) is 17.2. The van der Waals surface area contributed by atoms with E-state index >= 15 is 0 Å². The van der Waals surface area contributed by atoms with Crippen molar-refractivity contribution in [3.8, 4) is 0 Å². The van der Waals surface area contributed by atoms with Crippen LogP contribution in [0.2, 0.25) is 0 Å². The third-order valence-corrected chi connectivity index (χ3v) is 7.90. The molecule has 1 saturated heterocycles. The highest BCUT2D eigenvalue weighted by molar-refractivity contribution is 7.91. The zero-order chi connectivity index (χ0) is 17.6. The molecule has 0 aromatic carbocycles. The molecule has 2 heterocycles. The SMILES string of the molecule is CCN(CC)S(=O)(=O)c1ccc(CCNC(=O)C2CCCCN2)s1.Cl. The number of sulfonamides is 1. The first kappa shape index (κ1) is 22.4. The highest BCUT2D eigenvalue weighted by atomic mass is 35.5. The summed E-state index contributed by atoms with van der Waals surface area (Å²) >= 11 is 1.29. The van der Waals surface area contributed by atoms with Gasteiger partial charge in [-0.15, -0.1) is 23.7 Å². The molecule has 2 rings (SSSR count). The molecule has 0 spiro atoms. The van der Waals surface area contributed by atoms with Crippen LogP contribution in [0.25, 0.3) is 0 Å². The number of carbonyl (C=O) groups excluding carboxylic acids is 1. The van der Waals surface area contributed by atoms with Crippen LogP contribution in [0.4, 0.5) is 0 Å². The van der Waals surface area contributed by atoms with Crippen LogP contribution in [-0.4, -0.2) is 50.9 Å². The monoisotopic (exact) mass is 409 g/mol. The van der Waals surface area contributed by atoms with E-state index in [2.05, 4.69) is 10.6 Å². The molecule has 1 aliphatic heterocycles. The van der Waals surface area contributed by atoms with Gasteiger partial charge in [0.1, 0.15) is 4.21 Å². The number of piperidine rings is 1. The van der Waals surface area contributed by atoms with Crippen LogP contribution >= 0.6 is 23.7 Å². The lowest BCUT2D eigenvalue weighted by Crippen LogP contribution is -2.47. The molecule has 144 valence electrons. The summed E-state index contributed by atoms with van der Waals surface area (Å²) in [4.78, 5) is 13.0. The molecule has 1 aromatic heterocycles. The van der Waals surface area contributed by atoms with Crippen LogP contribution in [0.1, 0.15) is 38.0 Å². The van der Waals surface area contributed by atoms with E-state index in [1.807, 2.05) is 19.9 Å². The Morgan fingerprint density at radius 3 is 2.64 bits per heavy atom. The van der Waals surface area contributed by atoms with Crippen LogP contribution in [0, 0.1) is 0 Å². The maximum absolute atomic E-state index is 12.5. The van der Waals surface area contributed by atoms with Gasteiger partial charge in [-0.25, -0.2) is 8.42 Å². The van der Waals surface area contributed by atoms with E-state index in [4.69, 9.17) is 0 Å². The van der Waals surface area contributed by atoms with Gasteiger partial charge >= 0.3 is 0 Å². The van der Waals surface area contributed by atoms with E-state index in [9.17, 15) is 13.2 Å². The normalized spacial score (nSPS) is 18.0. The molecule has 1 aliphatic rings. The van der Waals surface area contributed by atoms with Gasteiger partial charge in [-0.3, -0.25) is 4.79 Å². The van der Waals surface area contributed by atoms with Crippen molar-refractivity contribution in [3.63, 3.8) is 0 Å². The van der Waals surface area contributed by atoms with Crippen LogP contribution in [-0.2, 0) is 21.2 Å². The van der Waals surface area contributed by atoms with Gasteiger partial charge in [0.05, 0.1) is 6.04 Å². The van der Waals surface area contributed by atoms with E-state index < -0.39 is 10.0 Å². The maximum Gasteiger partial charge on any atom is 0.252 e. The molecule has 9 heteroatoms. The fraction of sp³-hybridized carbons (Fsp3) is 0.688. The number of thiophene rings is 1. The molecule has 1 unspecified atom stereocenters. The number of carbonyl (C=O) groups is 1. The van der Waals surface area contributed by atoms with Gasteiger partial charge in [0, 0.05) is 24.5 Å². The van der Waals surface area contributed by atoms with Crippen molar-refractivity contribution in [1.29, 1.82) is 0 Å². The second kappa shape index (κ2) is 10.5. The van der Waals surface area contributed by atoms with Gasteiger partial charge in [0.25, 0.3) is 10.0 Å². The maximum atomic E-state index is 12.5. The molecule has 2 N–H and O–H groups in total. The summed E-state index contributed by atoms with van der Waals surface area (Å²) in [6.07, 6.45) is 3.75. The first-order valence-corrected chi connectivity index (χ1v) is 10.8. The summed E-state index contributed by atoms with van der Waals surface area (Å²) in [5, 5.41) is 6.16. The van der Waals surface area contributed by atoms with Crippen molar-refractivity contribution in [2.75, 3.05) is 26.2 Å². The first-order chi connectivity index (χ1) is 11.5. The van der Waals surface area contributed by atoms with Crippen LogP contribution in [0.15, 0.2) is 16.3 Å². The van der Waals surface area contributed by atoms with Gasteiger partial charge in [-0.05, 0) is 37.9 Å². The average Bonchev–Trinajstić information content (AvgIpc) is 3.06. The summed E-state index contributed by atoms with van der Waals surface area (Å²) in [5.74, 6) is 0.0437. The number of rotatable bonds is 8. The van der Waals surface area contributed by atoms with E-state index in [0.717, 1.165) is 30.7 Å². The zero-order valence-electron chi connectivity index (χ0n) is 14.8. The van der Waals surface area contributed by atoms with Crippen molar-refractivity contribution in [1.82, 2.24) is 14.9 Å². The molecule has 1 fully saturated rings. The van der Waals surface area contributed by atoms with Crippen molar-refractivity contribution in [3.05, 3.63) is 17.0 Å². The molecule has 6 nitrogen and oxygen atoms in total. The average molecular weight is 410 g/mol. The highest BCUT2D eigenvalue weighted by Crippen LogP contribution is 2.25. The fourth-order valence-electron chi connectivity index (χ4n) is 2.83. The third kappa shape index (κ3) is 5.92. The fourth-order valence-corrected chi connectivity index (χ4v) is 5.80. The van der Waals surface area contributed by atoms with Gasteiger partial charge in [0.15, 0.2) is 0 Å². The Bertz CT molecular complexity index is 639. The van der Waals surface area contributed by atoms with Gasteiger partial charge in [0.2, 0.25) is 5.91 Å². The summed E-state index contributed by atoms with van der Waals surface area (Å²) in [6, 6.07) is 3.42. The summed E-state index contributed by atoms with van der Waals surface area (Å²) in [7, 11) is -3.38. The van der Waals surface area contributed by atoms with E-state index in [0.29, 0.717) is 30.3 Å². The Morgan fingerprint density at radius 2 is 2.04 bits per heavy atom. The predicted molar refractivity (Wildman–Crippen MR) is 104 cm³/mol. The topological polar surface area (TPSA) is 78.5 Å². The lowest BCUT2D eigenvalue weighted by molar-refractivity contribution is -0.123. The quantitative estimate of drug-likeness (QED) is 0.688. The summed E-state index contributed by atoms with van der Waals surface area (Å²) in [5.41, 5.74) is 0. The molecule has 0 aliphatic carbocycles. The van der Waals surface area contributed by atoms with E-state index in [-0.39, 0.29) is 24.4 Å². The molecule has 0 bridgehead atoms. The number of nitrogens with zero attached hydrogens (tertiary/aromatic N) is 1. The number of halogens is 1. The lowest BCUT2D eigenvalue weighted by Gasteiger charge is -2.22. The number of nitrogens with one attached hydrogen (secondary N) is 2. The molecule has 25 heavy (non-hydrogen) atoms. The Hall–Kier alpha value is -0.670. The van der Waals surface area contributed by atoms with Gasteiger partial charge in [-0.2, -0.15) is 4.31 Å². The number of hydrogen-bond acceptors (Lipinski definition) is 5. The largest absolute Gasteiger partial charge is 0.354 e. The standard InChI is InChI=1S/C16H27N3O3S2.ClH/c1-3-19(4-2)24(21,22)15-9-8-13(23-15)10-12-18-16(20)14-7-5-6-11-17-14;/h8-9,14,17H,3-7,10-12H2,1-2H3,(H,18,20);1H. The molecular formula is C16H28ClN3O3S2. The number of amides is 1. The second-order valence-corrected chi connectivity index (χ2v) is 9.19. The molecular weight excluding hydrogens is 382 g/mol. The van der Waals surface area contributed by atoms with Crippen LogP contribution in [0.5, 0.6) is 0 Å². The molecule has 1 aromatic rings. The van der Waals surface area contributed by atoms with Crippen molar-refractivity contribution < 1.29 is 13.2 Å². The Morgan fingerprint density at radius 1 is 1.32 bits per heavy atom. The minimum atomic E-state index is -3.38. The van der Waals surface area contributed by atoms with Crippen LogP contribution in [0.3, 0.4) is 0 Å². The van der Waals surface area contributed by atoms with Crippen LogP contribution < -0.4 is 10.6 Å². The van der Waals surface area contributed by atoms with Gasteiger partial charge < -0.3 is 10.6 Å². The smallest absolute Gasteiger partial charge is 0.252 e. The molecule has 1 amide bonds. The minimum Gasteiger partial charge on any atom is -0.354 e. The molecule has 1 atom stereocenters. The Labute approximate surface area is 160 Å². The number of hydrogen-bond donors (Lipinski definition) is 2. The predicted octanol–water partition coefficient (Wildman–Crippen LogP) is 2.00. The van der Waals surface area contributed by atoms with Gasteiger partial charge in [-0.1, -0.05) is 20.3 Å². The highest BCUT2D eigenvalue weighted by Gasteiger charge is 2.23. The summed E-state index contributed by atoms with van der Waals surface area (Å²) in [6.45, 7) is 6.04. The first-order valence-electron chi connectivity index (χ1n) is 8.59. The molecule has 0 saturated carbocycles. The Balaban J connectivity index is 0.00000312. The van der Waals surface area contributed by atoms with E-state index in [1.165, 1.54) is 15.6 Å². The summed E-state index contributed by atoms with van der Waals surface area (Å²) < 4.78 is 26.7.